The molecule has 0 saturated heterocycles. The van der Waals surface area contributed by atoms with E-state index in [0.29, 0.717) is 12.2 Å². The first-order valence-corrected chi connectivity index (χ1v) is 10.2. The zero-order valence-electron chi connectivity index (χ0n) is 19.0. The van der Waals surface area contributed by atoms with Gasteiger partial charge in [-0.1, -0.05) is 18.2 Å². The van der Waals surface area contributed by atoms with E-state index in [1.807, 2.05) is 31.3 Å². The fourth-order valence-corrected chi connectivity index (χ4v) is 3.24. The molecule has 0 unspecified atom stereocenters. The van der Waals surface area contributed by atoms with Crippen LogP contribution in [0.5, 0.6) is 5.75 Å². The molecular weight excluding hydrogens is 376 g/mol. The zero-order chi connectivity index (χ0) is 22.1. The average molecular weight is 411 g/mol. The summed E-state index contributed by atoms with van der Waals surface area (Å²) in [6.07, 6.45) is 0.806. The quantitative estimate of drug-likeness (QED) is 0.537. The lowest BCUT2D eigenvalue weighted by molar-refractivity contribution is 0.0827. The molecule has 0 radical (unpaired) electrons. The van der Waals surface area contributed by atoms with E-state index < -0.39 is 0 Å². The molecule has 0 aliphatic carbocycles. The van der Waals surface area contributed by atoms with Gasteiger partial charge in [0.05, 0.1) is 6.54 Å². The predicted molar refractivity (Wildman–Crippen MR) is 124 cm³/mol. The van der Waals surface area contributed by atoms with Gasteiger partial charge in [0.2, 0.25) is 0 Å². The number of hydrogen-bond donors (Lipinski definition) is 1. The van der Waals surface area contributed by atoms with E-state index in [0.717, 1.165) is 36.8 Å². The maximum absolute atomic E-state index is 12.1. The minimum absolute atomic E-state index is 0.0177. The Morgan fingerprint density at radius 3 is 2.40 bits per heavy atom. The second-order valence-corrected chi connectivity index (χ2v) is 7.72. The number of hydrogen-bond acceptors (Lipinski definition) is 3. The second-order valence-electron chi connectivity index (χ2n) is 7.72. The van der Waals surface area contributed by atoms with Gasteiger partial charge in [0.1, 0.15) is 12.4 Å². The summed E-state index contributed by atoms with van der Waals surface area (Å²) in [4.78, 5) is 20.1. The van der Waals surface area contributed by atoms with E-state index in [1.165, 1.54) is 11.1 Å². The average Bonchev–Trinajstić information content (AvgIpc) is 2.70. The normalized spacial score (nSPS) is 11.2. The molecule has 1 N–H and O–H groups in total. The summed E-state index contributed by atoms with van der Waals surface area (Å²) in [6, 6.07) is 14.0. The van der Waals surface area contributed by atoms with Gasteiger partial charge >= 0.3 is 0 Å². The van der Waals surface area contributed by atoms with Crippen molar-refractivity contribution in [2.45, 2.75) is 20.3 Å². The topological polar surface area (TPSA) is 57.2 Å². The summed E-state index contributed by atoms with van der Waals surface area (Å²) < 4.78 is 5.90. The number of ether oxygens (including phenoxy) is 1. The van der Waals surface area contributed by atoms with Crippen molar-refractivity contribution >= 4 is 11.9 Å². The summed E-state index contributed by atoms with van der Waals surface area (Å²) in [5.74, 6) is 1.74. The van der Waals surface area contributed by atoms with Crippen LogP contribution in [0, 0.1) is 13.8 Å². The van der Waals surface area contributed by atoms with Crippen LogP contribution in [-0.2, 0) is 6.42 Å². The zero-order valence-corrected chi connectivity index (χ0v) is 19.0. The van der Waals surface area contributed by atoms with Gasteiger partial charge < -0.3 is 19.9 Å². The van der Waals surface area contributed by atoms with Crippen molar-refractivity contribution in [3.63, 3.8) is 0 Å². The molecule has 2 aromatic rings. The number of nitrogens with zero attached hydrogens (tertiary/aromatic N) is 3. The number of nitrogens with one attached hydrogen (secondary N) is 1. The lowest BCUT2D eigenvalue weighted by Crippen LogP contribution is -2.41. The molecule has 6 heteroatoms. The Kier molecular flexibility index (Phi) is 8.71. The van der Waals surface area contributed by atoms with Crippen molar-refractivity contribution in [2.75, 3.05) is 47.9 Å². The van der Waals surface area contributed by atoms with Crippen LogP contribution in [0.25, 0.3) is 0 Å². The highest BCUT2D eigenvalue weighted by Gasteiger charge is 2.09. The molecular formula is C24H34N4O2. The first-order chi connectivity index (χ1) is 14.3. The molecule has 162 valence electrons. The highest BCUT2D eigenvalue weighted by atomic mass is 16.5. The molecule has 2 aromatic carbocycles. The van der Waals surface area contributed by atoms with Gasteiger partial charge in [0, 0.05) is 40.3 Å². The Morgan fingerprint density at radius 1 is 1.07 bits per heavy atom. The first kappa shape index (κ1) is 23.3. The minimum Gasteiger partial charge on any atom is -0.492 e. The Labute approximate surface area is 180 Å². The van der Waals surface area contributed by atoms with Crippen LogP contribution in [0.4, 0.5) is 0 Å². The highest BCUT2D eigenvalue weighted by Crippen LogP contribution is 2.16. The predicted octanol–water partition coefficient (Wildman–Crippen LogP) is 3.13. The van der Waals surface area contributed by atoms with E-state index in [4.69, 9.17) is 4.74 Å². The summed E-state index contributed by atoms with van der Waals surface area (Å²) in [5, 5.41) is 3.38. The lowest BCUT2D eigenvalue weighted by Gasteiger charge is -2.22. The largest absolute Gasteiger partial charge is 0.492 e. The van der Waals surface area contributed by atoms with E-state index in [2.05, 4.69) is 47.3 Å². The molecule has 0 atom stereocenters. The molecule has 0 aromatic heterocycles. The number of amides is 1. The van der Waals surface area contributed by atoms with Crippen LogP contribution < -0.4 is 10.1 Å². The molecule has 0 aliphatic heterocycles. The summed E-state index contributed by atoms with van der Waals surface area (Å²) in [5.41, 5.74) is 4.23. The molecule has 0 bridgehead atoms. The number of rotatable bonds is 8. The Morgan fingerprint density at radius 2 is 1.77 bits per heavy atom. The molecule has 0 fully saturated rings. The Balaban J connectivity index is 1.81. The molecule has 0 spiro atoms. The number of aliphatic imine (C=N–C) groups is 1. The fraction of sp³-hybridized carbons (Fsp3) is 0.417. The van der Waals surface area contributed by atoms with Crippen LogP contribution in [0.3, 0.4) is 0 Å². The second kappa shape index (κ2) is 11.2. The van der Waals surface area contributed by atoms with Crippen molar-refractivity contribution in [3.8, 4) is 5.75 Å². The number of carbonyl (C=O) groups is 1. The Hall–Kier alpha value is -3.02. The number of benzene rings is 2. The number of aryl methyl sites for hydroxylation is 2. The van der Waals surface area contributed by atoms with E-state index >= 15 is 0 Å². The van der Waals surface area contributed by atoms with Gasteiger partial charge in [-0.05, 0) is 61.2 Å². The maximum Gasteiger partial charge on any atom is 0.253 e. The van der Waals surface area contributed by atoms with Gasteiger partial charge in [0.15, 0.2) is 5.96 Å². The molecule has 30 heavy (non-hydrogen) atoms. The van der Waals surface area contributed by atoms with Gasteiger partial charge in [-0.2, -0.15) is 0 Å². The van der Waals surface area contributed by atoms with Crippen molar-refractivity contribution in [3.05, 3.63) is 64.7 Å². The maximum atomic E-state index is 12.1. The minimum atomic E-state index is 0.0177. The third-order valence-electron chi connectivity index (χ3n) is 4.74. The van der Waals surface area contributed by atoms with E-state index in [1.54, 1.807) is 26.0 Å². The third kappa shape index (κ3) is 7.10. The van der Waals surface area contributed by atoms with Crippen molar-refractivity contribution in [1.82, 2.24) is 15.1 Å². The van der Waals surface area contributed by atoms with Crippen LogP contribution in [-0.4, -0.2) is 69.6 Å². The molecule has 0 aliphatic rings. The number of carbonyl (C=O) groups excluding carboxylic acids is 1. The molecule has 2 rings (SSSR count). The number of guanidine groups is 1. The SMILES string of the molecule is CN=C(NCCc1cccc(C(=O)N(C)C)c1)N(C)CCOc1cc(C)cc(C)c1. The fourth-order valence-electron chi connectivity index (χ4n) is 3.24. The standard InChI is InChI=1S/C24H34N4O2/c1-18-14-19(2)16-22(15-18)30-13-12-28(6)24(25-3)26-11-10-20-8-7-9-21(17-20)23(29)27(4)5/h7-9,14-17H,10-13H2,1-6H3,(H,25,26). The van der Waals surface area contributed by atoms with Crippen molar-refractivity contribution in [1.29, 1.82) is 0 Å². The van der Waals surface area contributed by atoms with Gasteiger partial charge in [-0.25, -0.2) is 0 Å². The molecule has 0 heterocycles. The van der Waals surface area contributed by atoms with Crippen molar-refractivity contribution < 1.29 is 9.53 Å². The van der Waals surface area contributed by atoms with Crippen LogP contribution in [0.1, 0.15) is 27.0 Å². The van der Waals surface area contributed by atoms with Gasteiger partial charge in [-0.15, -0.1) is 0 Å². The van der Waals surface area contributed by atoms with Crippen LogP contribution in [0.2, 0.25) is 0 Å². The first-order valence-electron chi connectivity index (χ1n) is 10.2. The summed E-state index contributed by atoms with van der Waals surface area (Å²) >= 11 is 0. The molecule has 1 amide bonds. The molecule has 0 saturated carbocycles. The van der Waals surface area contributed by atoms with E-state index in [-0.39, 0.29) is 5.91 Å². The smallest absolute Gasteiger partial charge is 0.253 e. The Bertz CT molecular complexity index is 857. The van der Waals surface area contributed by atoms with Crippen molar-refractivity contribution in [2.24, 2.45) is 4.99 Å². The summed E-state index contributed by atoms with van der Waals surface area (Å²) in [6.45, 7) is 6.18. The molecule has 6 nitrogen and oxygen atoms in total. The highest BCUT2D eigenvalue weighted by molar-refractivity contribution is 5.94. The number of likely N-dealkylation sites (N-methyl/N-ethyl adjacent to an activating group) is 1. The monoisotopic (exact) mass is 410 g/mol. The lowest BCUT2D eigenvalue weighted by atomic mass is 10.1. The van der Waals surface area contributed by atoms with Crippen LogP contribution >= 0.6 is 0 Å². The third-order valence-corrected chi connectivity index (χ3v) is 4.74. The van der Waals surface area contributed by atoms with E-state index in [9.17, 15) is 4.79 Å². The van der Waals surface area contributed by atoms with Crippen LogP contribution in [0.15, 0.2) is 47.5 Å². The summed E-state index contributed by atoms with van der Waals surface area (Å²) in [7, 11) is 7.30. The van der Waals surface area contributed by atoms with Gasteiger partial charge in [-0.3, -0.25) is 9.79 Å². The van der Waals surface area contributed by atoms with Gasteiger partial charge in [0.25, 0.3) is 5.91 Å².